The maximum Gasteiger partial charge on any atom is 0.276 e. The molecule has 6 nitrogen and oxygen atoms in total. The second kappa shape index (κ2) is 5.79. The van der Waals surface area contributed by atoms with E-state index < -0.39 is 0 Å². The SMILES string of the molecule is CCc1cc(C(=O)Nc2nccc(Cl)n2)n(CC)n1. The summed E-state index contributed by atoms with van der Waals surface area (Å²) >= 11 is 5.74. The number of amides is 1. The van der Waals surface area contributed by atoms with Crippen molar-refractivity contribution in [2.45, 2.75) is 26.8 Å². The molecule has 0 radical (unpaired) electrons. The number of nitrogens with one attached hydrogen (secondary N) is 1. The van der Waals surface area contributed by atoms with Crippen LogP contribution >= 0.6 is 11.6 Å². The van der Waals surface area contributed by atoms with Gasteiger partial charge in [0.15, 0.2) is 0 Å². The van der Waals surface area contributed by atoms with Gasteiger partial charge in [-0.2, -0.15) is 5.10 Å². The molecule has 0 bridgehead atoms. The van der Waals surface area contributed by atoms with Crippen molar-refractivity contribution in [1.82, 2.24) is 19.7 Å². The summed E-state index contributed by atoms with van der Waals surface area (Å²) in [5, 5.41) is 7.20. The minimum Gasteiger partial charge on any atom is -0.289 e. The Labute approximate surface area is 115 Å². The van der Waals surface area contributed by atoms with Gasteiger partial charge >= 0.3 is 0 Å². The molecule has 2 aromatic rings. The number of carbonyl (C=O) groups excluding carboxylic acids is 1. The van der Waals surface area contributed by atoms with Crippen LogP contribution in [0.2, 0.25) is 5.15 Å². The number of anilines is 1. The minimum absolute atomic E-state index is 0.180. The van der Waals surface area contributed by atoms with Gasteiger partial charge in [0.1, 0.15) is 10.8 Å². The number of carbonyl (C=O) groups is 1. The lowest BCUT2D eigenvalue weighted by molar-refractivity contribution is 0.101. The molecule has 0 saturated heterocycles. The van der Waals surface area contributed by atoms with Crippen LogP contribution in [0.3, 0.4) is 0 Å². The Morgan fingerprint density at radius 1 is 1.47 bits per heavy atom. The van der Waals surface area contributed by atoms with E-state index in [0.29, 0.717) is 12.2 Å². The lowest BCUT2D eigenvalue weighted by Crippen LogP contribution is -2.18. The zero-order chi connectivity index (χ0) is 13.8. The number of aromatic nitrogens is 4. The van der Waals surface area contributed by atoms with Crippen molar-refractivity contribution < 1.29 is 4.79 Å². The van der Waals surface area contributed by atoms with Crippen LogP contribution in [0.25, 0.3) is 0 Å². The summed E-state index contributed by atoms with van der Waals surface area (Å²) in [6, 6.07) is 3.31. The van der Waals surface area contributed by atoms with Crippen molar-refractivity contribution in [3.05, 3.63) is 34.9 Å². The third-order valence-electron chi connectivity index (χ3n) is 2.57. The number of hydrogen-bond acceptors (Lipinski definition) is 4. The molecule has 0 atom stereocenters. The Balaban J connectivity index is 2.22. The highest BCUT2D eigenvalue weighted by molar-refractivity contribution is 6.29. The third kappa shape index (κ3) is 3.08. The number of hydrogen-bond donors (Lipinski definition) is 1. The minimum atomic E-state index is -0.295. The number of nitrogens with zero attached hydrogens (tertiary/aromatic N) is 4. The predicted molar refractivity (Wildman–Crippen MR) is 72.3 cm³/mol. The second-order valence-corrected chi connectivity index (χ2v) is 4.23. The van der Waals surface area contributed by atoms with Gasteiger partial charge in [-0.25, -0.2) is 9.97 Å². The van der Waals surface area contributed by atoms with E-state index in [2.05, 4.69) is 20.4 Å². The van der Waals surface area contributed by atoms with Crippen LogP contribution in [0.4, 0.5) is 5.95 Å². The molecule has 0 aliphatic rings. The summed E-state index contributed by atoms with van der Waals surface area (Å²) in [7, 11) is 0. The van der Waals surface area contributed by atoms with Crippen LogP contribution in [-0.4, -0.2) is 25.7 Å². The van der Waals surface area contributed by atoms with Gasteiger partial charge in [0.2, 0.25) is 5.95 Å². The van der Waals surface area contributed by atoms with Gasteiger partial charge in [0.05, 0.1) is 5.69 Å². The van der Waals surface area contributed by atoms with Gasteiger partial charge in [-0.3, -0.25) is 14.8 Å². The van der Waals surface area contributed by atoms with Gasteiger partial charge < -0.3 is 0 Å². The zero-order valence-electron chi connectivity index (χ0n) is 10.7. The molecule has 0 saturated carbocycles. The Bertz CT molecular complexity index is 596. The van der Waals surface area contributed by atoms with Crippen molar-refractivity contribution in [3.63, 3.8) is 0 Å². The molecule has 1 amide bonds. The van der Waals surface area contributed by atoms with Crippen molar-refractivity contribution in [2.24, 2.45) is 0 Å². The molecule has 0 unspecified atom stereocenters. The van der Waals surface area contributed by atoms with E-state index in [-0.39, 0.29) is 17.0 Å². The smallest absolute Gasteiger partial charge is 0.276 e. The molecule has 7 heteroatoms. The Morgan fingerprint density at radius 3 is 2.89 bits per heavy atom. The molecular formula is C12H14ClN5O. The summed E-state index contributed by atoms with van der Waals surface area (Å²) in [4.78, 5) is 20.0. The maximum atomic E-state index is 12.1. The molecule has 0 fully saturated rings. The molecule has 19 heavy (non-hydrogen) atoms. The van der Waals surface area contributed by atoms with Gasteiger partial charge in [-0.15, -0.1) is 0 Å². The first-order valence-corrected chi connectivity index (χ1v) is 6.38. The van der Waals surface area contributed by atoms with E-state index in [0.717, 1.165) is 12.1 Å². The summed E-state index contributed by atoms with van der Waals surface area (Å²) in [6.07, 6.45) is 2.26. The molecule has 0 spiro atoms. The Hall–Kier alpha value is -1.95. The lowest BCUT2D eigenvalue weighted by Gasteiger charge is -2.05. The van der Waals surface area contributed by atoms with E-state index in [1.165, 1.54) is 6.20 Å². The average molecular weight is 280 g/mol. The zero-order valence-corrected chi connectivity index (χ0v) is 11.5. The highest BCUT2D eigenvalue weighted by atomic mass is 35.5. The van der Waals surface area contributed by atoms with Crippen LogP contribution in [0.5, 0.6) is 0 Å². The van der Waals surface area contributed by atoms with E-state index >= 15 is 0 Å². The first-order valence-electron chi connectivity index (χ1n) is 6.00. The van der Waals surface area contributed by atoms with Gasteiger partial charge in [0.25, 0.3) is 5.91 Å². The fourth-order valence-electron chi connectivity index (χ4n) is 1.63. The van der Waals surface area contributed by atoms with Crippen LogP contribution in [-0.2, 0) is 13.0 Å². The Morgan fingerprint density at radius 2 is 2.26 bits per heavy atom. The standard InChI is InChI=1S/C12H14ClN5O/c1-3-8-7-9(18(4-2)17-8)11(19)16-12-14-6-5-10(13)15-12/h5-7H,3-4H2,1-2H3,(H,14,15,16,19). The maximum absolute atomic E-state index is 12.1. The Kier molecular flexibility index (Phi) is 4.11. The number of rotatable bonds is 4. The van der Waals surface area contributed by atoms with E-state index in [1.807, 2.05) is 13.8 Å². The first-order chi connectivity index (χ1) is 9.13. The third-order valence-corrected chi connectivity index (χ3v) is 2.78. The van der Waals surface area contributed by atoms with E-state index in [1.54, 1.807) is 16.8 Å². The highest BCUT2D eigenvalue weighted by Gasteiger charge is 2.15. The summed E-state index contributed by atoms with van der Waals surface area (Å²) in [5.41, 5.74) is 1.36. The van der Waals surface area contributed by atoms with Crippen LogP contribution in [0.1, 0.15) is 30.0 Å². The monoisotopic (exact) mass is 279 g/mol. The van der Waals surface area contributed by atoms with Crippen LogP contribution in [0.15, 0.2) is 18.3 Å². The van der Waals surface area contributed by atoms with Crippen molar-refractivity contribution in [2.75, 3.05) is 5.32 Å². The summed E-state index contributed by atoms with van der Waals surface area (Å²) < 4.78 is 1.65. The predicted octanol–water partition coefficient (Wildman–Crippen LogP) is 2.16. The van der Waals surface area contributed by atoms with Gasteiger partial charge in [-0.05, 0) is 25.5 Å². The molecule has 1 N–H and O–H groups in total. The van der Waals surface area contributed by atoms with Gasteiger partial charge in [0, 0.05) is 12.7 Å². The molecular weight excluding hydrogens is 266 g/mol. The largest absolute Gasteiger partial charge is 0.289 e. The molecule has 2 heterocycles. The van der Waals surface area contributed by atoms with Crippen LogP contribution < -0.4 is 5.32 Å². The number of halogens is 1. The van der Waals surface area contributed by atoms with Gasteiger partial charge in [-0.1, -0.05) is 18.5 Å². The number of aryl methyl sites for hydroxylation is 2. The topological polar surface area (TPSA) is 72.7 Å². The molecule has 0 aliphatic heterocycles. The fraction of sp³-hybridized carbons (Fsp3) is 0.333. The molecule has 0 aliphatic carbocycles. The lowest BCUT2D eigenvalue weighted by atomic mass is 10.3. The summed E-state index contributed by atoms with van der Waals surface area (Å²) in [5.74, 6) is -0.115. The first kappa shape index (κ1) is 13.5. The summed E-state index contributed by atoms with van der Waals surface area (Å²) in [6.45, 7) is 4.54. The van der Waals surface area contributed by atoms with E-state index in [4.69, 9.17) is 11.6 Å². The average Bonchev–Trinajstić information content (AvgIpc) is 2.82. The molecule has 0 aromatic carbocycles. The van der Waals surface area contributed by atoms with Crippen LogP contribution in [0, 0.1) is 0 Å². The second-order valence-electron chi connectivity index (χ2n) is 3.85. The fourth-order valence-corrected chi connectivity index (χ4v) is 1.77. The molecule has 100 valence electrons. The normalized spacial score (nSPS) is 10.5. The van der Waals surface area contributed by atoms with Crippen molar-refractivity contribution in [3.8, 4) is 0 Å². The van der Waals surface area contributed by atoms with Crippen molar-refractivity contribution >= 4 is 23.5 Å². The van der Waals surface area contributed by atoms with E-state index in [9.17, 15) is 4.79 Å². The molecule has 2 rings (SSSR count). The molecule has 2 aromatic heterocycles. The van der Waals surface area contributed by atoms with Crippen molar-refractivity contribution in [1.29, 1.82) is 0 Å². The highest BCUT2D eigenvalue weighted by Crippen LogP contribution is 2.10. The quantitative estimate of drug-likeness (QED) is 0.871.